The van der Waals surface area contributed by atoms with Crippen molar-refractivity contribution in [3.05, 3.63) is 59.9 Å². The van der Waals surface area contributed by atoms with Gasteiger partial charge >= 0.3 is 0 Å². The molecule has 0 spiro atoms. The number of carbonyl (C=O) groups excluding carboxylic acids is 2. The topological polar surface area (TPSA) is 58.6 Å². The first-order valence-electron chi connectivity index (χ1n) is 9.55. The zero-order valence-corrected chi connectivity index (χ0v) is 16.0. The zero-order chi connectivity index (χ0) is 19.9. The number of hydrogen-bond donors (Lipinski definition) is 1. The van der Waals surface area contributed by atoms with Crippen molar-refractivity contribution in [2.75, 3.05) is 25.0 Å². The molecule has 1 heterocycles. The Labute approximate surface area is 164 Å². The number of nitrogens with zero attached hydrogens (tertiary/aromatic N) is 1. The molecule has 5 nitrogen and oxygen atoms in total. The molecule has 2 aromatic carbocycles. The van der Waals surface area contributed by atoms with Crippen molar-refractivity contribution in [1.29, 1.82) is 0 Å². The highest BCUT2D eigenvalue weighted by atomic mass is 19.1. The molecule has 3 rings (SSSR count). The number of likely N-dealkylation sites (tertiary alicyclic amines) is 1. The van der Waals surface area contributed by atoms with E-state index in [9.17, 15) is 14.0 Å². The normalized spacial score (nSPS) is 16.7. The highest BCUT2D eigenvalue weighted by Crippen LogP contribution is 2.27. The lowest BCUT2D eigenvalue weighted by atomic mass is 10.1. The summed E-state index contributed by atoms with van der Waals surface area (Å²) >= 11 is 0. The fraction of sp³-hybridized carbons (Fsp3) is 0.364. The van der Waals surface area contributed by atoms with Gasteiger partial charge in [-0.3, -0.25) is 14.5 Å². The summed E-state index contributed by atoms with van der Waals surface area (Å²) in [6.07, 6.45) is 2.16. The molecule has 0 unspecified atom stereocenters. The van der Waals surface area contributed by atoms with Crippen molar-refractivity contribution in [1.82, 2.24) is 4.90 Å². The highest BCUT2D eigenvalue weighted by Gasteiger charge is 2.24. The van der Waals surface area contributed by atoms with Gasteiger partial charge in [0.15, 0.2) is 5.78 Å². The van der Waals surface area contributed by atoms with Crippen LogP contribution in [-0.2, 0) is 4.79 Å². The lowest BCUT2D eigenvalue weighted by molar-refractivity contribution is -0.114. The number of amides is 1. The van der Waals surface area contributed by atoms with Crippen LogP contribution in [0.4, 0.5) is 10.1 Å². The van der Waals surface area contributed by atoms with E-state index in [1.165, 1.54) is 31.2 Å². The van der Waals surface area contributed by atoms with E-state index in [0.717, 1.165) is 32.5 Å². The number of nitrogens with one attached hydrogen (secondary N) is 1. The number of ether oxygens (including phenoxy) is 1. The van der Waals surface area contributed by atoms with E-state index >= 15 is 0 Å². The minimum atomic E-state index is -0.334. The minimum absolute atomic E-state index is 0.0382. The van der Waals surface area contributed by atoms with Gasteiger partial charge in [-0.25, -0.2) is 4.39 Å². The van der Waals surface area contributed by atoms with Gasteiger partial charge in [-0.05, 0) is 55.8 Å². The van der Waals surface area contributed by atoms with Crippen molar-refractivity contribution >= 4 is 17.4 Å². The van der Waals surface area contributed by atoms with Gasteiger partial charge in [-0.1, -0.05) is 12.1 Å². The first-order valence-corrected chi connectivity index (χ1v) is 9.55. The number of carbonyl (C=O) groups is 2. The molecule has 0 aromatic heterocycles. The molecular formula is C22H25FN2O3. The predicted octanol–water partition coefficient (Wildman–Crippen LogP) is 3.90. The third kappa shape index (κ3) is 5.63. The van der Waals surface area contributed by atoms with Crippen LogP contribution in [0.25, 0.3) is 0 Å². The summed E-state index contributed by atoms with van der Waals surface area (Å²) in [5, 5.41) is 2.79. The van der Waals surface area contributed by atoms with Crippen molar-refractivity contribution in [2.45, 2.75) is 32.3 Å². The van der Waals surface area contributed by atoms with Gasteiger partial charge in [0.1, 0.15) is 17.7 Å². The maximum Gasteiger partial charge on any atom is 0.221 e. The molecule has 0 aliphatic carbocycles. The third-order valence-corrected chi connectivity index (χ3v) is 4.76. The Balaban J connectivity index is 1.44. The molecule has 1 fully saturated rings. The number of rotatable bonds is 8. The molecule has 2 aromatic rings. The molecule has 1 aliphatic heterocycles. The second kappa shape index (κ2) is 9.46. The molecule has 1 saturated heterocycles. The van der Waals surface area contributed by atoms with Gasteiger partial charge < -0.3 is 10.1 Å². The summed E-state index contributed by atoms with van der Waals surface area (Å²) in [6, 6.07) is 13.1. The molecule has 0 radical (unpaired) electrons. The van der Waals surface area contributed by atoms with Crippen LogP contribution < -0.4 is 10.1 Å². The SMILES string of the molecule is CC(=O)Nc1ccccc1O[C@H]1CCN(CCCC(=O)c2ccc(F)cc2)C1. The van der Waals surface area contributed by atoms with Crippen molar-refractivity contribution in [2.24, 2.45) is 0 Å². The maximum atomic E-state index is 12.9. The van der Waals surface area contributed by atoms with Crippen molar-refractivity contribution in [3.63, 3.8) is 0 Å². The van der Waals surface area contributed by atoms with E-state index in [0.29, 0.717) is 23.4 Å². The number of ketones is 1. The second-order valence-corrected chi connectivity index (χ2v) is 7.04. The first kappa shape index (κ1) is 20.0. The van der Waals surface area contributed by atoms with Gasteiger partial charge in [0.2, 0.25) is 5.91 Å². The molecule has 0 saturated carbocycles. The Morgan fingerprint density at radius 3 is 2.68 bits per heavy atom. The van der Waals surface area contributed by atoms with Crippen molar-refractivity contribution < 1.29 is 18.7 Å². The van der Waals surface area contributed by atoms with Gasteiger partial charge in [0, 0.05) is 32.0 Å². The molecule has 1 atom stereocenters. The van der Waals surface area contributed by atoms with Crippen LogP contribution in [-0.4, -0.2) is 42.3 Å². The largest absolute Gasteiger partial charge is 0.487 e. The molecule has 1 amide bonds. The molecule has 1 N–H and O–H groups in total. The van der Waals surface area contributed by atoms with Crippen LogP contribution in [0.15, 0.2) is 48.5 Å². The Hall–Kier alpha value is -2.73. The van der Waals surface area contributed by atoms with Crippen LogP contribution >= 0.6 is 0 Å². The number of benzene rings is 2. The van der Waals surface area contributed by atoms with E-state index in [2.05, 4.69) is 10.2 Å². The summed E-state index contributed by atoms with van der Waals surface area (Å²) in [5.74, 6) is 0.252. The number of halogens is 1. The van der Waals surface area contributed by atoms with E-state index in [1.807, 2.05) is 24.3 Å². The number of para-hydroxylation sites is 2. The summed E-state index contributed by atoms with van der Waals surface area (Å²) in [4.78, 5) is 25.8. The average Bonchev–Trinajstić information content (AvgIpc) is 3.11. The Morgan fingerprint density at radius 2 is 1.93 bits per heavy atom. The standard InChI is InChI=1S/C22H25FN2O3/c1-16(26)24-20-5-2-3-7-22(20)28-19-12-14-25(15-19)13-4-6-21(27)17-8-10-18(23)11-9-17/h2-3,5,7-11,19H,4,6,12-15H2,1H3,(H,24,26)/t19-/m0/s1. The Bertz CT molecular complexity index is 823. The average molecular weight is 384 g/mol. The van der Waals surface area contributed by atoms with Gasteiger partial charge in [-0.2, -0.15) is 0 Å². The molecule has 1 aliphatic rings. The van der Waals surface area contributed by atoms with Crippen LogP contribution in [0.1, 0.15) is 36.5 Å². The van der Waals surface area contributed by atoms with Crippen LogP contribution in [0.2, 0.25) is 0 Å². The van der Waals surface area contributed by atoms with E-state index < -0.39 is 0 Å². The lowest BCUT2D eigenvalue weighted by Gasteiger charge is -2.18. The second-order valence-electron chi connectivity index (χ2n) is 7.04. The van der Waals surface area contributed by atoms with E-state index in [4.69, 9.17) is 4.74 Å². The van der Waals surface area contributed by atoms with Crippen LogP contribution in [0, 0.1) is 5.82 Å². The van der Waals surface area contributed by atoms with E-state index in [1.54, 1.807) is 0 Å². The summed E-state index contributed by atoms with van der Waals surface area (Å²) in [7, 11) is 0. The van der Waals surface area contributed by atoms with Gasteiger partial charge in [0.25, 0.3) is 0 Å². The highest BCUT2D eigenvalue weighted by molar-refractivity contribution is 5.96. The molecule has 148 valence electrons. The number of Topliss-reactive ketones (excluding diaryl/α,β-unsaturated/α-hetero) is 1. The molecule has 0 bridgehead atoms. The van der Waals surface area contributed by atoms with Crippen LogP contribution in [0.5, 0.6) is 5.75 Å². The molecular weight excluding hydrogens is 359 g/mol. The Morgan fingerprint density at radius 1 is 1.18 bits per heavy atom. The maximum absolute atomic E-state index is 12.9. The number of anilines is 1. The van der Waals surface area contributed by atoms with Crippen LogP contribution in [0.3, 0.4) is 0 Å². The summed E-state index contributed by atoms with van der Waals surface area (Å²) < 4.78 is 19.0. The number of hydrogen-bond acceptors (Lipinski definition) is 4. The van der Waals surface area contributed by atoms with Gasteiger partial charge in [-0.15, -0.1) is 0 Å². The monoisotopic (exact) mass is 384 g/mol. The molecule has 6 heteroatoms. The minimum Gasteiger partial charge on any atom is -0.487 e. The Kier molecular flexibility index (Phi) is 6.76. The third-order valence-electron chi connectivity index (χ3n) is 4.76. The summed E-state index contributed by atoms with van der Waals surface area (Å²) in [5.41, 5.74) is 1.23. The fourth-order valence-corrected chi connectivity index (χ4v) is 3.38. The fourth-order valence-electron chi connectivity index (χ4n) is 3.38. The molecule has 28 heavy (non-hydrogen) atoms. The van der Waals surface area contributed by atoms with Crippen molar-refractivity contribution in [3.8, 4) is 5.75 Å². The quantitative estimate of drug-likeness (QED) is 0.702. The first-order chi connectivity index (χ1) is 13.5. The lowest BCUT2D eigenvalue weighted by Crippen LogP contribution is -2.26. The predicted molar refractivity (Wildman–Crippen MR) is 106 cm³/mol. The zero-order valence-electron chi connectivity index (χ0n) is 16.0. The van der Waals surface area contributed by atoms with E-state index in [-0.39, 0.29) is 23.6 Å². The van der Waals surface area contributed by atoms with Gasteiger partial charge in [0.05, 0.1) is 5.69 Å². The summed E-state index contributed by atoms with van der Waals surface area (Å²) in [6.45, 7) is 4.00. The smallest absolute Gasteiger partial charge is 0.221 e.